The molecule has 2 unspecified atom stereocenters. The number of hydrogen-bond donors (Lipinski definition) is 1. The zero-order valence-corrected chi connectivity index (χ0v) is 11.4. The van der Waals surface area contributed by atoms with Gasteiger partial charge in [-0.25, -0.2) is 9.59 Å². The third-order valence-electron chi connectivity index (χ3n) is 2.64. The third kappa shape index (κ3) is 6.66. The van der Waals surface area contributed by atoms with E-state index in [9.17, 15) is 9.59 Å². The van der Waals surface area contributed by atoms with Crippen LogP contribution in [-0.4, -0.2) is 38.5 Å². The molecule has 0 aliphatic carbocycles. The predicted molar refractivity (Wildman–Crippen MR) is 71.7 cm³/mol. The van der Waals surface area contributed by atoms with E-state index in [2.05, 4.69) is 33.1 Å². The highest BCUT2D eigenvalue weighted by Gasteiger charge is 2.20. The summed E-state index contributed by atoms with van der Waals surface area (Å²) in [7, 11) is 0. The average Bonchev–Trinajstić information content (AvgIpc) is 2.41. The first-order chi connectivity index (χ1) is 9.10. The standard InChI is InChI=1S/C12H21N3O4/c1-5-9(7-13-3)11(16)18-15-19-12(17)10(6-2)8-14-4/h9-10,15H,3-8H2,1-2H3. The van der Waals surface area contributed by atoms with E-state index in [0.717, 1.165) is 0 Å². The van der Waals surface area contributed by atoms with Crippen LogP contribution in [-0.2, 0) is 19.3 Å². The Morgan fingerprint density at radius 2 is 1.37 bits per heavy atom. The van der Waals surface area contributed by atoms with E-state index in [1.54, 1.807) is 0 Å². The van der Waals surface area contributed by atoms with Crippen molar-refractivity contribution in [2.45, 2.75) is 26.7 Å². The molecule has 0 saturated heterocycles. The molecule has 108 valence electrons. The fraction of sp³-hybridized carbons (Fsp3) is 0.667. The SMILES string of the molecule is C=NCC(CC)C(=O)ONOC(=O)C(CC)CN=C. The lowest BCUT2D eigenvalue weighted by Crippen LogP contribution is -2.32. The van der Waals surface area contributed by atoms with Gasteiger partial charge in [-0.15, -0.1) is 0 Å². The minimum Gasteiger partial charge on any atom is -0.335 e. The van der Waals surface area contributed by atoms with Gasteiger partial charge in [0.1, 0.15) is 0 Å². The lowest BCUT2D eigenvalue weighted by Gasteiger charge is -2.13. The topological polar surface area (TPSA) is 89.4 Å². The molecular weight excluding hydrogens is 250 g/mol. The summed E-state index contributed by atoms with van der Waals surface area (Å²) in [6.45, 7) is 10.8. The zero-order valence-electron chi connectivity index (χ0n) is 11.4. The maximum Gasteiger partial charge on any atom is 0.333 e. The molecular formula is C12H21N3O4. The van der Waals surface area contributed by atoms with Gasteiger partial charge in [0.05, 0.1) is 24.9 Å². The molecule has 0 aliphatic heterocycles. The summed E-state index contributed by atoms with van der Waals surface area (Å²) in [5.74, 6) is -1.89. The molecule has 0 spiro atoms. The number of aliphatic imine (C=N–C) groups is 2. The van der Waals surface area contributed by atoms with E-state index in [1.165, 1.54) is 0 Å². The van der Waals surface area contributed by atoms with Crippen LogP contribution in [0.5, 0.6) is 0 Å². The first-order valence-corrected chi connectivity index (χ1v) is 6.11. The number of rotatable bonds is 10. The average molecular weight is 271 g/mol. The van der Waals surface area contributed by atoms with Crippen LogP contribution in [0.3, 0.4) is 0 Å². The molecule has 0 saturated carbocycles. The first-order valence-electron chi connectivity index (χ1n) is 6.11. The van der Waals surface area contributed by atoms with Gasteiger partial charge < -0.3 is 19.7 Å². The van der Waals surface area contributed by atoms with Crippen LogP contribution in [0.1, 0.15) is 26.7 Å². The highest BCUT2D eigenvalue weighted by atomic mass is 16.9. The van der Waals surface area contributed by atoms with Gasteiger partial charge in [-0.05, 0) is 26.3 Å². The predicted octanol–water partition coefficient (Wildman–Crippen LogP) is 0.946. The smallest absolute Gasteiger partial charge is 0.333 e. The molecule has 0 aromatic rings. The van der Waals surface area contributed by atoms with Gasteiger partial charge in [0.2, 0.25) is 0 Å². The van der Waals surface area contributed by atoms with E-state index in [-0.39, 0.29) is 13.1 Å². The van der Waals surface area contributed by atoms with Gasteiger partial charge in [-0.2, -0.15) is 0 Å². The van der Waals surface area contributed by atoms with Crippen molar-refractivity contribution in [1.29, 1.82) is 0 Å². The molecule has 0 aromatic carbocycles. The number of carbonyl (C=O) groups excluding carboxylic acids is 2. The van der Waals surface area contributed by atoms with Crippen molar-refractivity contribution in [2.75, 3.05) is 13.1 Å². The maximum atomic E-state index is 11.5. The molecule has 0 bridgehead atoms. The van der Waals surface area contributed by atoms with Crippen LogP contribution in [0.4, 0.5) is 0 Å². The lowest BCUT2D eigenvalue weighted by molar-refractivity contribution is -0.204. The first kappa shape index (κ1) is 17.2. The molecule has 7 nitrogen and oxygen atoms in total. The second-order valence-corrected chi connectivity index (χ2v) is 3.95. The molecule has 0 aliphatic rings. The summed E-state index contributed by atoms with van der Waals surface area (Å²) in [5, 5.41) is 0. The quantitative estimate of drug-likeness (QED) is 0.472. The van der Waals surface area contributed by atoms with Crippen LogP contribution in [0.25, 0.3) is 0 Å². The van der Waals surface area contributed by atoms with Crippen LogP contribution in [0, 0.1) is 11.8 Å². The summed E-state index contributed by atoms with van der Waals surface area (Å²) in [6.07, 6.45) is 1.12. The molecule has 0 rings (SSSR count). The highest BCUT2D eigenvalue weighted by Crippen LogP contribution is 2.06. The second-order valence-electron chi connectivity index (χ2n) is 3.95. The minimum atomic E-state index is -0.544. The highest BCUT2D eigenvalue weighted by molar-refractivity contribution is 5.73. The number of carbonyl (C=O) groups is 2. The second kappa shape index (κ2) is 10.2. The van der Waals surface area contributed by atoms with E-state index >= 15 is 0 Å². The lowest BCUT2D eigenvalue weighted by atomic mass is 10.1. The summed E-state index contributed by atoms with van der Waals surface area (Å²) >= 11 is 0. The van der Waals surface area contributed by atoms with Gasteiger partial charge >= 0.3 is 11.9 Å². The van der Waals surface area contributed by atoms with Crippen molar-refractivity contribution >= 4 is 25.4 Å². The van der Waals surface area contributed by atoms with Crippen LogP contribution in [0.2, 0.25) is 0 Å². The Labute approximate surface area is 113 Å². The Morgan fingerprint density at radius 3 is 1.63 bits per heavy atom. The van der Waals surface area contributed by atoms with Gasteiger partial charge in [0.25, 0.3) is 0 Å². The fourth-order valence-corrected chi connectivity index (χ4v) is 1.32. The van der Waals surface area contributed by atoms with Crippen molar-refractivity contribution in [2.24, 2.45) is 21.8 Å². The number of nitrogens with one attached hydrogen (secondary N) is 1. The summed E-state index contributed by atoms with van der Waals surface area (Å²) in [4.78, 5) is 39.5. The molecule has 0 heterocycles. The van der Waals surface area contributed by atoms with E-state index in [0.29, 0.717) is 12.8 Å². The van der Waals surface area contributed by atoms with Crippen molar-refractivity contribution < 1.29 is 19.3 Å². The molecule has 1 N–H and O–H groups in total. The van der Waals surface area contributed by atoms with E-state index in [1.807, 2.05) is 19.5 Å². The zero-order chi connectivity index (χ0) is 14.7. The molecule has 0 aromatic heterocycles. The summed E-state index contributed by atoms with van der Waals surface area (Å²) in [6, 6.07) is 0. The number of hydrogen-bond acceptors (Lipinski definition) is 7. The van der Waals surface area contributed by atoms with Crippen molar-refractivity contribution in [3.8, 4) is 0 Å². The van der Waals surface area contributed by atoms with Crippen LogP contribution in [0.15, 0.2) is 9.98 Å². The molecule has 7 heteroatoms. The molecule has 0 radical (unpaired) electrons. The normalized spacial score (nSPS) is 13.2. The molecule has 0 fully saturated rings. The third-order valence-corrected chi connectivity index (χ3v) is 2.64. The van der Waals surface area contributed by atoms with Gasteiger partial charge in [-0.3, -0.25) is 0 Å². The van der Waals surface area contributed by atoms with Crippen LogP contribution < -0.4 is 5.64 Å². The minimum absolute atomic E-state index is 0.267. The number of nitrogens with zero attached hydrogens (tertiary/aromatic N) is 2. The van der Waals surface area contributed by atoms with E-state index < -0.39 is 23.8 Å². The molecule has 2 atom stereocenters. The Kier molecular flexibility index (Phi) is 9.25. The van der Waals surface area contributed by atoms with Crippen molar-refractivity contribution in [3.05, 3.63) is 0 Å². The Morgan fingerprint density at radius 1 is 1.00 bits per heavy atom. The Hall–Kier alpha value is -1.76. The van der Waals surface area contributed by atoms with Crippen molar-refractivity contribution in [1.82, 2.24) is 5.64 Å². The largest absolute Gasteiger partial charge is 0.335 e. The Bertz CT molecular complexity index is 290. The maximum absolute atomic E-state index is 11.5. The molecule has 0 amide bonds. The van der Waals surface area contributed by atoms with Crippen molar-refractivity contribution in [3.63, 3.8) is 0 Å². The Balaban J connectivity index is 4.07. The summed E-state index contributed by atoms with van der Waals surface area (Å²) in [5.41, 5.74) is 1.91. The van der Waals surface area contributed by atoms with E-state index in [4.69, 9.17) is 0 Å². The van der Waals surface area contributed by atoms with Gasteiger partial charge in [0.15, 0.2) is 0 Å². The fourth-order valence-electron chi connectivity index (χ4n) is 1.32. The van der Waals surface area contributed by atoms with Gasteiger partial charge in [-0.1, -0.05) is 13.8 Å². The van der Waals surface area contributed by atoms with Gasteiger partial charge in [0, 0.05) is 5.64 Å². The monoisotopic (exact) mass is 271 g/mol. The van der Waals surface area contributed by atoms with Crippen LogP contribution >= 0.6 is 0 Å². The summed E-state index contributed by atoms with van der Waals surface area (Å²) < 4.78 is 0. The molecule has 19 heavy (non-hydrogen) atoms.